The zero-order valence-corrected chi connectivity index (χ0v) is 31.2. The Morgan fingerprint density at radius 1 is 0.511 bits per heavy atom. The Balaban J connectivity index is 3.78. The predicted molar refractivity (Wildman–Crippen MR) is 204 cm³/mol. The summed E-state index contributed by atoms with van der Waals surface area (Å²) in [5, 5.41) is 33.0. The van der Waals surface area contributed by atoms with Crippen LogP contribution in [0.2, 0.25) is 0 Å². The second kappa shape index (κ2) is 37.4. The minimum Gasteiger partial charge on any atom is -0.394 e. The van der Waals surface area contributed by atoms with Crippen molar-refractivity contribution in [2.24, 2.45) is 0 Å². The number of allylic oxidation sites excluding steroid dienone is 5. The van der Waals surface area contributed by atoms with Crippen LogP contribution in [-0.2, 0) is 4.79 Å². The van der Waals surface area contributed by atoms with E-state index >= 15 is 0 Å². The van der Waals surface area contributed by atoms with E-state index in [2.05, 4.69) is 43.5 Å². The van der Waals surface area contributed by atoms with E-state index < -0.39 is 24.2 Å². The molecule has 0 saturated heterocycles. The Bertz CT molecular complexity index is 734. The highest BCUT2D eigenvalue weighted by atomic mass is 16.3. The third-order valence-electron chi connectivity index (χ3n) is 9.20. The van der Waals surface area contributed by atoms with E-state index in [1.807, 2.05) is 6.08 Å². The largest absolute Gasteiger partial charge is 0.394 e. The quantitative estimate of drug-likeness (QED) is 0.0397. The molecule has 0 aliphatic rings. The van der Waals surface area contributed by atoms with Gasteiger partial charge in [0, 0.05) is 0 Å². The Kier molecular flexibility index (Phi) is 36.3. The lowest BCUT2D eigenvalue weighted by Crippen LogP contribution is -2.48. The SMILES string of the molecule is CCCCCCCCCCC/C=C\CCCCCCC(O)C(=O)NC(CO)C(O)/C=C/CC/C=C/CCCCCCCCCCCC. The molecule has 4 N–H and O–H groups in total. The summed E-state index contributed by atoms with van der Waals surface area (Å²) < 4.78 is 0. The molecule has 0 radical (unpaired) electrons. The second-order valence-corrected chi connectivity index (χ2v) is 13.8. The van der Waals surface area contributed by atoms with Crippen molar-refractivity contribution in [1.82, 2.24) is 5.32 Å². The average Bonchev–Trinajstić information content (AvgIpc) is 3.07. The van der Waals surface area contributed by atoms with Gasteiger partial charge in [0.25, 0.3) is 0 Å². The van der Waals surface area contributed by atoms with Crippen molar-refractivity contribution in [1.29, 1.82) is 0 Å². The molecule has 276 valence electrons. The van der Waals surface area contributed by atoms with Crippen LogP contribution < -0.4 is 5.32 Å². The van der Waals surface area contributed by atoms with Crippen molar-refractivity contribution in [2.45, 2.75) is 218 Å². The summed E-state index contributed by atoms with van der Waals surface area (Å²) in [7, 11) is 0. The van der Waals surface area contributed by atoms with Crippen molar-refractivity contribution < 1.29 is 20.1 Å². The lowest BCUT2D eigenvalue weighted by Gasteiger charge is -2.21. The van der Waals surface area contributed by atoms with Crippen LogP contribution in [0.15, 0.2) is 36.5 Å². The van der Waals surface area contributed by atoms with E-state index in [1.165, 1.54) is 128 Å². The zero-order valence-electron chi connectivity index (χ0n) is 31.2. The van der Waals surface area contributed by atoms with Gasteiger partial charge in [-0.25, -0.2) is 0 Å². The number of aliphatic hydroxyl groups is 3. The van der Waals surface area contributed by atoms with Crippen molar-refractivity contribution in [2.75, 3.05) is 6.61 Å². The van der Waals surface area contributed by atoms with Gasteiger partial charge < -0.3 is 20.6 Å². The number of nitrogens with one attached hydrogen (secondary N) is 1. The molecule has 0 saturated carbocycles. The molecule has 1 amide bonds. The summed E-state index contributed by atoms with van der Waals surface area (Å²) in [4.78, 5) is 12.4. The summed E-state index contributed by atoms with van der Waals surface area (Å²) in [6.45, 7) is 4.15. The first-order chi connectivity index (χ1) is 23.1. The zero-order chi connectivity index (χ0) is 34.5. The van der Waals surface area contributed by atoms with Gasteiger partial charge in [-0.1, -0.05) is 179 Å². The normalized spacial score (nSPS) is 14.1. The number of unbranched alkanes of at least 4 members (excludes halogenated alkanes) is 24. The first kappa shape index (κ1) is 45.6. The molecule has 0 aromatic heterocycles. The summed E-state index contributed by atoms with van der Waals surface area (Å²) in [6, 6.07) is -0.817. The number of rotatable bonds is 36. The maximum absolute atomic E-state index is 12.4. The molecule has 47 heavy (non-hydrogen) atoms. The van der Waals surface area contributed by atoms with Crippen LogP contribution in [-0.4, -0.2) is 46.1 Å². The fraction of sp³-hybridized carbons (Fsp3) is 0.833. The van der Waals surface area contributed by atoms with Gasteiger partial charge >= 0.3 is 0 Å². The van der Waals surface area contributed by atoms with Crippen molar-refractivity contribution >= 4 is 5.91 Å². The highest BCUT2D eigenvalue weighted by Crippen LogP contribution is 2.13. The minimum absolute atomic E-state index is 0.380. The Morgan fingerprint density at radius 3 is 1.30 bits per heavy atom. The first-order valence-electron chi connectivity index (χ1n) is 20.3. The standard InChI is InChI=1S/C42H79NO4/c1-3-5-7-9-11-13-15-17-19-21-23-25-27-29-31-33-35-37-41(46)42(47)43-39(38-44)40(45)36-34-32-30-28-26-24-22-20-18-16-14-12-10-8-6-4-2/h23,25-26,28,34,36,39-41,44-46H,3-22,24,27,29-33,35,37-38H2,1-2H3,(H,43,47)/b25-23-,28-26+,36-34+. The molecular formula is C42H79NO4. The number of carbonyl (C=O) groups is 1. The van der Waals surface area contributed by atoms with Gasteiger partial charge in [-0.05, 0) is 57.8 Å². The summed E-state index contributed by atoms with van der Waals surface area (Å²) >= 11 is 0. The van der Waals surface area contributed by atoms with Crippen LogP contribution in [0, 0.1) is 0 Å². The predicted octanol–water partition coefficient (Wildman–Crippen LogP) is 11.2. The molecule has 0 aromatic carbocycles. The highest BCUT2D eigenvalue weighted by molar-refractivity contribution is 5.80. The molecule has 3 atom stereocenters. The molecule has 0 spiro atoms. The molecule has 5 nitrogen and oxygen atoms in total. The van der Waals surface area contributed by atoms with Gasteiger partial charge in [0.05, 0.1) is 18.8 Å². The van der Waals surface area contributed by atoms with E-state index in [0.29, 0.717) is 6.42 Å². The van der Waals surface area contributed by atoms with Crippen molar-refractivity contribution in [3.63, 3.8) is 0 Å². The second-order valence-electron chi connectivity index (χ2n) is 13.8. The fourth-order valence-electron chi connectivity index (χ4n) is 5.96. The average molecular weight is 662 g/mol. The molecule has 0 heterocycles. The number of amides is 1. The molecular weight excluding hydrogens is 582 g/mol. The monoisotopic (exact) mass is 662 g/mol. The van der Waals surface area contributed by atoms with E-state index in [9.17, 15) is 20.1 Å². The fourth-order valence-corrected chi connectivity index (χ4v) is 5.96. The van der Waals surface area contributed by atoms with Gasteiger partial charge in [-0.3, -0.25) is 4.79 Å². The van der Waals surface area contributed by atoms with Crippen molar-refractivity contribution in [3.05, 3.63) is 36.5 Å². The lowest BCUT2D eigenvalue weighted by molar-refractivity contribution is -0.131. The van der Waals surface area contributed by atoms with Gasteiger partial charge in [0.1, 0.15) is 6.10 Å². The van der Waals surface area contributed by atoms with Crippen LogP contribution in [0.4, 0.5) is 0 Å². The molecule has 0 fully saturated rings. The molecule has 3 unspecified atom stereocenters. The Labute approximate surface area is 292 Å². The van der Waals surface area contributed by atoms with E-state index in [1.54, 1.807) is 6.08 Å². The molecule has 5 heteroatoms. The first-order valence-corrected chi connectivity index (χ1v) is 20.3. The number of aliphatic hydroxyl groups excluding tert-OH is 3. The van der Waals surface area contributed by atoms with Crippen LogP contribution in [0.1, 0.15) is 200 Å². The van der Waals surface area contributed by atoms with E-state index in [4.69, 9.17) is 0 Å². The molecule has 0 aromatic rings. The summed E-state index contributed by atoms with van der Waals surface area (Å²) in [5.74, 6) is -0.522. The van der Waals surface area contributed by atoms with Crippen LogP contribution >= 0.6 is 0 Å². The summed E-state index contributed by atoms with van der Waals surface area (Å²) in [5.41, 5.74) is 0. The van der Waals surface area contributed by atoms with Gasteiger partial charge in [-0.2, -0.15) is 0 Å². The molecule has 0 rings (SSSR count). The van der Waals surface area contributed by atoms with E-state index in [-0.39, 0.29) is 6.61 Å². The summed E-state index contributed by atoms with van der Waals surface area (Å²) in [6.07, 6.45) is 45.9. The van der Waals surface area contributed by atoms with Crippen LogP contribution in [0.5, 0.6) is 0 Å². The molecule has 0 bridgehead atoms. The smallest absolute Gasteiger partial charge is 0.249 e. The molecule has 0 aliphatic carbocycles. The third kappa shape index (κ3) is 32.9. The number of carbonyl (C=O) groups excluding carboxylic acids is 1. The Hall–Kier alpha value is -1.43. The maximum Gasteiger partial charge on any atom is 0.249 e. The van der Waals surface area contributed by atoms with Crippen LogP contribution in [0.25, 0.3) is 0 Å². The minimum atomic E-state index is -1.11. The lowest BCUT2D eigenvalue weighted by atomic mass is 10.1. The molecule has 0 aliphatic heterocycles. The van der Waals surface area contributed by atoms with Gasteiger partial charge in [0.15, 0.2) is 0 Å². The third-order valence-corrected chi connectivity index (χ3v) is 9.20. The van der Waals surface area contributed by atoms with Gasteiger partial charge in [0.2, 0.25) is 5.91 Å². The van der Waals surface area contributed by atoms with Crippen LogP contribution in [0.3, 0.4) is 0 Å². The van der Waals surface area contributed by atoms with Gasteiger partial charge in [-0.15, -0.1) is 0 Å². The number of hydrogen-bond donors (Lipinski definition) is 4. The Morgan fingerprint density at radius 2 is 0.872 bits per heavy atom. The topological polar surface area (TPSA) is 89.8 Å². The highest BCUT2D eigenvalue weighted by Gasteiger charge is 2.22. The number of hydrogen-bond acceptors (Lipinski definition) is 4. The van der Waals surface area contributed by atoms with Crippen molar-refractivity contribution in [3.8, 4) is 0 Å². The van der Waals surface area contributed by atoms with E-state index in [0.717, 1.165) is 51.4 Å². The maximum atomic E-state index is 12.4.